The number of carbonyl (C=O) groups excluding carboxylic acids is 2. The predicted molar refractivity (Wildman–Crippen MR) is 73.3 cm³/mol. The molecule has 0 N–H and O–H groups in total. The van der Waals surface area contributed by atoms with Gasteiger partial charge in [-0.1, -0.05) is 30.4 Å². The molecule has 106 valence electrons. The third-order valence-electron chi connectivity index (χ3n) is 2.90. The Morgan fingerprint density at radius 3 is 2.75 bits per heavy atom. The Kier molecular flexibility index (Phi) is 4.76. The van der Waals surface area contributed by atoms with Gasteiger partial charge in [-0.05, 0) is 12.1 Å². The monoisotopic (exact) mass is 275 g/mol. The fourth-order valence-electron chi connectivity index (χ4n) is 1.93. The summed E-state index contributed by atoms with van der Waals surface area (Å²) < 4.78 is 10.2. The van der Waals surface area contributed by atoms with Gasteiger partial charge in [-0.3, -0.25) is 4.79 Å². The quantitative estimate of drug-likeness (QED) is 0.627. The van der Waals surface area contributed by atoms with E-state index >= 15 is 0 Å². The zero-order valence-electron chi connectivity index (χ0n) is 11.3. The largest absolute Gasteiger partial charge is 0.465 e. The summed E-state index contributed by atoms with van der Waals surface area (Å²) in [7, 11) is 0. The SMILES string of the molecule is CC(=O)OC[C@@H]1C=CCN(C(=O)Oc2ccccc2)C1. The average molecular weight is 275 g/mol. The van der Waals surface area contributed by atoms with Crippen molar-refractivity contribution in [2.24, 2.45) is 5.92 Å². The molecule has 0 bridgehead atoms. The van der Waals surface area contributed by atoms with Crippen LogP contribution in [-0.2, 0) is 9.53 Å². The Bertz CT molecular complexity index is 498. The Morgan fingerprint density at radius 2 is 2.05 bits per heavy atom. The van der Waals surface area contributed by atoms with E-state index in [9.17, 15) is 9.59 Å². The maximum atomic E-state index is 12.0. The van der Waals surface area contributed by atoms with Crippen molar-refractivity contribution in [1.82, 2.24) is 4.90 Å². The van der Waals surface area contributed by atoms with E-state index in [1.54, 1.807) is 17.0 Å². The summed E-state index contributed by atoms with van der Waals surface area (Å²) in [6.45, 7) is 2.63. The Labute approximate surface area is 117 Å². The molecule has 1 amide bonds. The van der Waals surface area contributed by atoms with Crippen LogP contribution in [0.25, 0.3) is 0 Å². The van der Waals surface area contributed by atoms with Crippen molar-refractivity contribution in [3.8, 4) is 5.75 Å². The van der Waals surface area contributed by atoms with Crippen LogP contribution in [0.2, 0.25) is 0 Å². The van der Waals surface area contributed by atoms with E-state index in [1.807, 2.05) is 30.4 Å². The highest BCUT2D eigenvalue weighted by Crippen LogP contribution is 2.14. The molecule has 5 nitrogen and oxygen atoms in total. The molecule has 1 aliphatic heterocycles. The van der Waals surface area contributed by atoms with Crippen molar-refractivity contribution >= 4 is 12.1 Å². The number of para-hydroxylation sites is 1. The fourth-order valence-corrected chi connectivity index (χ4v) is 1.93. The van der Waals surface area contributed by atoms with Crippen LogP contribution in [0.1, 0.15) is 6.92 Å². The molecule has 2 rings (SSSR count). The van der Waals surface area contributed by atoms with E-state index < -0.39 is 6.09 Å². The van der Waals surface area contributed by atoms with Gasteiger partial charge in [0.2, 0.25) is 0 Å². The number of hydrogen-bond donors (Lipinski definition) is 0. The van der Waals surface area contributed by atoms with E-state index in [1.165, 1.54) is 6.92 Å². The smallest absolute Gasteiger partial charge is 0.415 e. The first-order valence-corrected chi connectivity index (χ1v) is 6.47. The third kappa shape index (κ3) is 4.12. The van der Waals surface area contributed by atoms with Gasteiger partial charge in [-0.2, -0.15) is 0 Å². The van der Waals surface area contributed by atoms with Crippen LogP contribution in [0.5, 0.6) is 5.75 Å². The molecule has 0 aromatic heterocycles. The van der Waals surface area contributed by atoms with E-state index in [-0.39, 0.29) is 18.5 Å². The van der Waals surface area contributed by atoms with Gasteiger partial charge in [-0.25, -0.2) is 4.79 Å². The molecular weight excluding hydrogens is 258 g/mol. The Morgan fingerprint density at radius 1 is 1.30 bits per heavy atom. The highest BCUT2D eigenvalue weighted by atomic mass is 16.6. The minimum absolute atomic E-state index is 0.0102. The second kappa shape index (κ2) is 6.75. The maximum Gasteiger partial charge on any atom is 0.415 e. The van der Waals surface area contributed by atoms with Crippen LogP contribution in [0.4, 0.5) is 4.79 Å². The average Bonchev–Trinajstić information content (AvgIpc) is 2.46. The van der Waals surface area contributed by atoms with Crippen LogP contribution >= 0.6 is 0 Å². The maximum absolute atomic E-state index is 12.0. The lowest BCUT2D eigenvalue weighted by Crippen LogP contribution is -2.40. The summed E-state index contributed by atoms with van der Waals surface area (Å²) in [4.78, 5) is 24.4. The summed E-state index contributed by atoms with van der Waals surface area (Å²) in [5.41, 5.74) is 0. The van der Waals surface area contributed by atoms with Gasteiger partial charge < -0.3 is 14.4 Å². The highest BCUT2D eigenvalue weighted by Gasteiger charge is 2.22. The minimum Gasteiger partial charge on any atom is -0.465 e. The summed E-state index contributed by atoms with van der Waals surface area (Å²) in [5.74, 6) is 0.210. The summed E-state index contributed by atoms with van der Waals surface area (Å²) in [6.07, 6.45) is 3.44. The first-order valence-electron chi connectivity index (χ1n) is 6.47. The van der Waals surface area contributed by atoms with Gasteiger partial charge in [0, 0.05) is 25.9 Å². The standard InChI is InChI=1S/C15H17NO4/c1-12(17)19-11-13-6-5-9-16(10-13)15(18)20-14-7-3-2-4-8-14/h2-8,13H,9-11H2,1H3/t13-/m1/s1. The molecule has 5 heteroatoms. The summed E-state index contributed by atoms with van der Waals surface area (Å²) in [5, 5.41) is 0. The third-order valence-corrected chi connectivity index (χ3v) is 2.90. The number of benzene rings is 1. The van der Waals surface area contributed by atoms with Gasteiger partial charge in [-0.15, -0.1) is 0 Å². The molecular formula is C15H17NO4. The van der Waals surface area contributed by atoms with Crippen molar-refractivity contribution in [2.45, 2.75) is 6.92 Å². The Balaban J connectivity index is 1.88. The molecule has 20 heavy (non-hydrogen) atoms. The summed E-state index contributed by atoms with van der Waals surface area (Å²) in [6, 6.07) is 8.93. The van der Waals surface area contributed by atoms with Gasteiger partial charge in [0.05, 0.1) is 6.61 Å². The van der Waals surface area contributed by atoms with E-state index in [0.717, 1.165) is 0 Å². The number of rotatable bonds is 3. The molecule has 0 radical (unpaired) electrons. The van der Waals surface area contributed by atoms with E-state index in [0.29, 0.717) is 18.8 Å². The topological polar surface area (TPSA) is 55.8 Å². The van der Waals surface area contributed by atoms with Gasteiger partial charge in [0.25, 0.3) is 0 Å². The van der Waals surface area contributed by atoms with Crippen LogP contribution < -0.4 is 4.74 Å². The first kappa shape index (κ1) is 14.1. The van der Waals surface area contributed by atoms with Gasteiger partial charge in [0.1, 0.15) is 5.75 Å². The molecule has 1 aromatic carbocycles. The second-order valence-electron chi connectivity index (χ2n) is 4.58. The lowest BCUT2D eigenvalue weighted by Gasteiger charge is -2.27. The molecule has 0 fully saturated rings. The van der Waals surface area contributed by atoms with Crippen LogP contribution in [0, 0.1) is 5.92 Å². The number of ether oxygens (including phenoxy) is 2. The van der Waals surface area contributed by atoms with Crippen molar-refractivity contribution in [2.75, 3.05) is 19.7 Å². The molecule has 0 saturated carbocycles. The normalized spacial score (nSPS) is 17.6. The van der Waals surface area contributed by atoms with E-state index in [2.05, 4.69) is 0 Å². The number of carbonyl (C=O) groups is 2. The van der Waals surface area contributed by atoms with Crippen LogP contribution in [-0.4, -0.2) is 36.7 Å². The zero-order chi connectivity index (χ0) is 14.4. The molecule has 1 heterocycles. The number of amides is 1. The molecule has 0 unspecified atom stereocenters. The Hall–Kier alpha value is -2.30. The first-order chi connectivity index (χ1) is 9.65. The molecule has 0 aliphatic carbocycles. The predicted octanol–water partition coefficient (Wildman–Crippen LogP) is 2.24. The minimum atomic E-state index is -0.395. The lowest BCUT2D eigenvalue weighted by atomic mass is 10.1. The molecule has 0 spiro atoms. The number of hydrogen-bond acceptors (Lipinski definition) is 4. The molecule has 1 aromatic rings. The van der Waals surface area contributed by atoms with E-state index in [4.69, 9.17) is 9.47 Å². The summed E-state index contributed by atoms with van der Waals surface area (Å²) >= 11 is 0. The van der Waals surface area contributed by atoms with Crippen molar-refractivity contribution in [3.63, 3.8) is 0 Å². The van der Waals surface area contributed by atoms with Crippen molar-refractivity contribution < 1.29 is 19.1 Å². The second-order valence-corrected chi connectivity index (χ2v) is 4.58. The fraction of sp³-hybridized carbons (Fsp3) is 0.333. The molecule has 1 atom stereocenters. The molecule has 0 saturated heterocycles. The van der Waals surface area contributed by atoms with Crippen molar-refractivity contribution in [1.29, 1.82) is 0 Å². The lowest BCUT2D eigenvalue weighted by molar-refractivity contribution is -0.141. The number of nitrogens with zero attached hydrogens (tertiary/aromatic N) is 1. The van der Waals surface area contributed by atoms with Gasteiger partial charge >= 0.3 is 12.1 Å². The zero-order valence-corrected chi connectivity index (χ0v) is 11.3. The molecule has 1 aliphatic rings. The highest BCUT2D eigenvalue weighted by molar-refractivity contribution is 5.71. The van der Waals surface area contributed by atoms with Gasteiger partial charge in [0.15, 0.2) is 0 Å². The van der Waals surface area contributed by atoms with Crippen molar-refractivity contribution in [3.05, 3.63) is 42.5 Å². The number of esters is 1. The van der Waals surface area contributed by atoms with Crippen LogP contribution in [0.3, 0.4) is 0 Å². The van der Waals surface area contributed by atoms with Crippen LogP contribution in [0.15, 0.2) is 42.5 Å².